The average molecular weight is 447 g/mol. The smallest absolute Gasteiger partial charge is 0.335 e. The highest BCUT2D eigenvalue weighted by Crippen LogP contribution is 2.28. The number of amides is 4. The summed E-state index contributed by atoms with van der Waals surface area (Å²) >= 11 is 6.16. The summed E-state index contributed by atoms with van der Waals surface area (Å²) in [6.45, 7) is 2.29. The van der Waals surface area contributed by atoms with E-state index in [1.807, 2.05) is 31.2 Å². The molecule has 1 saturated heterocycles. The van der Waals surface area contributed by atoms with Gasteiger partial charge in [-0.25, -0.2) is 9.69 Å². The maximum absolute atomic E-state index is 13.1. The number of nitrogens with zero attached hydrogens (tertiary/aromatic N) is 1. The standard InChI is InChI=1S/C25H19ClN2O4/c1-16-6-5-7-17(12-16)15-32-22-11-10-19(26)13-18(22)14-21-23(29)27-25(31)28(24(21)30)20-8-3-2-4-9-20/h2-14H,15H2,1H3,(H,27,29,31)/b21-14+. The molecule has 3 aromatic rings. The van der Waals surface area contributed by atoms with E-state index in [4.69, 9.17) is 16.3 Å². The van der Waals surface area contributed by atoms with Crippen molar-refractivity contribution in [3.8, 4) is 5.75 Å². The number of carbonyl (C=O) groups excluding carboxylic acids is 3. The average Bonchev–Trinajstić information content (AvgIpc) is 2.77. The Labute approximate surface area is 190 Å². The van der Waals surface area contributed by atoms with Crippen molar-refractivity contribution in [3.63, 3.8) is 0 Å². The van der Waals surface area contributed by atoms with E-state index in [2.05, 4.69) is 5.32 Å². The lowest BCUT2D eigenvalue weighted by Crippen LogP contribution is -2.54. The van der Waals surface area contributed by atoms with E-state index < -0.39 is 17.8 Å². The topological polar surface area (TPSA) is 75.7 Å². The number of hydrogen-bond acceptors (Lipinski definition) is 4. The summed E-state index contributed by atoms with van der Waals surface area (Å²) in [4.78, 5) is 38.8. The van der Waals surface area contributed by atoms with Crippen LogP contribution in [0.2, 0.25) is 5.02 Å². The third kappa shape index (κ3) is 4.55. The number of halogens is 1. The Balaban J connectivity index is 1.67. The maximum Gasteiger partial charge on any atom is 0.335 e. The van der Waals surface area contributed by atoms with Gasteiger partial charge in [-0.15, -0.1) is 0 Å². The molecule has 1 aliphatic heterocycles. The number of carbonyl (C=O) groups is 3. The number of benzene rings is 3. The van der Waals surface area contributed by atoms with E-state index in [9.17, 15) is 14.4 Å². The first-order valence-electron chi connectivity index (χ1n) is 9.87. The Morgan fingerprint density at radius 3 is 2.50 bits per heavy atom. The van der Waals surface area contributed by atoms with Crippen LogP contribution in [-0.4, -0.2) is 17.8 Å². The Morgan fingerprint density at radius 2 is 1.75 bits per heavy atom. The lowest BCUT2D eigenvalue weighted by Gasteiger charge is -2.26. The van der Waals surface area contributed by atoms with Gasteiger partial charge >= 0.3 is 6.03 Å². The Bertz CT molecular complexity index is 1240. The Kier molecular flexibility index (Phi) is 6.05. The summed E-state index contributed by atoms with van der Waals surface area (Å²) in [6.07, 6.45) is 1.39. The van der Waals surface area contributed by atoms with Gasteiger partial charge in [0.1, 0.15) is 17.9 Å². The molecule has 0 aliphatic carbocycles. The van der Waals surface area contributed by atoms with Crippen LogP contribution in [-0.2, 0) is 16.2 Å². The van der Waals surface area contributed by atoms with Crippen LogP contribution >= 0.6 is 11.6 Å². The van der Waals surface area contributed by atoms with Crippen LogP contribution in [0.1, 0.15) is 16.7 Å². The highest BCUT2D eigenvalue weighted by atomic mass is 35.5. The van der Waals surface area contributed by atoms with Crippen LogP contribution in [0.15, 0.2) is 78.4 Å². The number of urea groups is 1. The number of imide groups is 2. The van der Waals surface area contributed by atoms with Crippen molar-refractivity contribution in [1.29, 1.82) is 0 Å². The first-order valence-corrected chi connectivity index (χ1v) is 10.2. The molecule has 0 radical (unpaired) electrons. The fourth-order valence-corrected chi connectivity index (χ4v) is 3.53. The molecule has 3 aromatic carbocycles. The Morgan fingerprint density at radius 1 is 0.969 bits per heavy atom. The SMILES string of the molecule is Cc1cccc(COc2ccc(Cl)cc2/C=C2\C(=O)NC(=O)N(c3ccccc3)C2=O)c1. The van der Waals surface area contributed by atoms with Gasteiger partial charge in [-0.05, 0) is 48.9 Å². The molecule has 6 nitrogen and oxygen atoms in total. The highest BCUT2D eigenvalue weighted by molar-refractivity contribution is 6.39. The van der Waals surface area contributed by atoms with Crippen LogP contribution in [0.25, 0.3) is 6.08 Å². The maximum atomic E-state index is 13.1. The summed E-state index contributed by atoms with van der Waals surface area (Å²) < 4.78 is 5.95. The zero-order chi connectivity index (χ0) is 22.7. The van der Waals surface area contributed by atoms with E-state index in [-0.39, 0.29) is 5.57 Å². The lowest BCUT2D eigenvalue weighted by molar-refractivity contribution is -0.122. The van der Waals surface area contributed by atoms with Gasteiger partial charge in [0.25, 0.3) is 11.8 Å². The first-order chi connectivity index (χ1) is 15.4. The second-order valence-electron chi connectivity index (χ2n) is 7.25. The number of hydrogen-bond donors (Lipinski definition) is 1. The summed E-state index contributed by atoms with van der Waals surface area (Å²) in [5.41, 5.74) is 2.70. The third-order valence-electron chi connectivity index (χ3n) is 4.86. The number of ether oxygens (including phenoxy) is 1. The van der Waals surface area contributed by atoms with Gasteiger partial charge in [0.2, 0.25) is 0 Å². The largest absolute Gasteiger partial charge is 0.488 e. The molecule has 4 rings (SSSR count). The molecular formula is C25H19ClN2O4. The number of aryl methyl sites for hydroxylation is 1. The van der Waals surface area contributed by atoms with Gasteiger partial charge < -0.3 is 4.74 Å². The molecule has 0 saturated carbocycles. The first kappa shape index (κ1) is 21.3. The van der Waals surface area contributed by atoms with Gasteiger partial charge in [-0.1, -0.05) is 59.6 Å². The predicted octanol–water partition coefficient (Wildman–Crippen LogP) is 4.89. The van der Waals surface area contributed by atoms with E-state index in [0.29, 0.717) is 28.6 Å². The van der Waals surface area contributed by atoms with Crippen LogP contribution in [0.5, 0.6) is 5.75 Å². The van der Waals surface area contributed by atoms with Crippen molar-refractivity contribution in [2.45, 2.75) is 13.5 Å². The number of anilines is 1. The number of para-hydroxylation sites is 1. The minimum Gasteiger partial charge on any atom is -0.488 e. The number of barbiturate groups is 1. The third-order valence-corrected chi connectivity index (χ3v) is 5.10. The molecule has 0 spiro atoms. The molecule has 4 amide bonds. The van der Waals surface area contributed by atoms with Gasteiger partial charge in [0.15, 0.2) is 0 Å². The molecule has 7 heteroatoms. The van der Waals surface area contributed by atoms with Gasteiger partial charge in [0.05, 0.1) is 5.69 Å². The molecule has 0 unspecified atom stereocenters. The van der Waals surface area contributed by atoms with Crippen molar-refractivity contribution >= 4 is 41.2 Å². The fraction of sp³-hybridized carbons (Fsp3) is 0.0800. The van der Waals surface area contributed by atoms with E-state index in [0.717, 1.165) is 16.0 Å². The van der Waals surface area contributed by atoms with Crippen molar-refractivity contribution in [1.82, 2.24) is 5.32 Å². The molecule has 0 aromatic heterocycles. The van der Waals surface area contributed by atoms with Crippen LogP contribution in [0, 0.1) is 6.92 Å². The minimum atomic E-state index is -0.801. The molecule has 1 fully saturated rings. The van der Waals surface area contributed by atoms with Gasteiger partial charge in [-0.2, -0.15) is 0 Å². The second-order valence-corrected chi connectivity index (χ2v) is 7.69. The molecule has 1 heterocycles. The number of rotatable bonds is 5. The minimum absolute atomic E-state index is 0.198. The molecule has 0 bridgehead atoms. The molecule has 160 valence electrons. The monoisotopic (exact) mass is 446 g/mol. The van der Waals surface area contributed by atoms with Crippen LogP contribution < -0.4 is 15.0 Å². The lowest BCUT2D eigenvalue weighted by atomic mass is 10.1. The van der Waals surface area contributed by atoms with E-state index in [1.54, 1.807) is 48.5 Å². The van der Waals surface area contributed by atoms with E-state index >= 15 is 0 Å². The molecule has 32 heavy (non-hydrogen) atoms. The van der Waals surface area contributed by atoms with Crippen molar-refractivity contribution in [2.24, 2.45) is 0 Å². The van der Waals surface area contributed by atoms with Crippen molar-refractivity contribution < 1.29 is 19.1 Å². The second kappa shape index (κ2) is 9.08. The Hall–Kier alpha value is -3.90. The predicted molar refractivity (Wildman–Crippen MR) is 122 cm³/mol. The van der Waals surface area contributed by atoms with Crippen LogP contribution in [0.3, 0.4) is 0 Å². The summed E-state index contributed by atoms with van der Waals surface area (Å²) in [7, 11) is 0. The summed E-state index contributed by atoms with van der Waals surface area (Å²) in [5.74, 6) is -1.06. The van der Waals surface area contributed by atoms with E-state index in [1.165, 1.54) is 6.08 Å². The van der Waals surface area contributed by atoms with Gasteiger partial charge in [-0.3, -0.25) is 14.9 Å². The number of nitrogens with one attached hydrogen (secondary N) is 1. The highest BCUT2D eigenvalue weighted by Gasteiger charge is 2.36. The molecule has 1 aliphatic rings. The zero-order valence-corrected chi connectivity index (χ0v) is 17.9. The van der Waals surface area contributed by atoms with Gasteiger partial charge in [0, 0.05) is 10.6 Å². The summed E-state index contributed by atoms with van der Waals surface area (Å²) in [6, 6.07) is 20.4. The van der Waals surface area contributed by atoms with Crippen LogP contribution in [0.4, 0.5) is 10.5 Å². The molecule has 1 N–H and O–H groups in total. The molecule has 0 atom stereocenters. The van der Waals surface area contributed by atoms with Crippen molar-refractivity contribution in [3.05, 3.63) is 100 Å². The van der Waals surface area contributed by atoms with Crippen molar-refractivity contribution in [2.75, 3.05) is 4.90 Å². The molecular weight excluding hydrogens is 428 g/mol. The quantitative estimate of drug-likeness (QED) is 0.447. The fourth-order valence-electron chi connectivity index (χ4n) is 3.35. The normalized spacial score (nSPS) is 15.1. The zero-order valence-electron chi connectivity index (χ0n) is 17.2. The summed E-state index contributed by atoms with van der Waals surface area (Å²) in [5, 5.41) is 2.63.